The molecule has 0 saturated heterocycles. The topological polar surface area (TPSA) is 119 Å². The van der Waals surface area contributed by atoms with Crippen LogP contribution in [0.25, 0.3) is 0 Å². The zero-order valence-electron chi connectivity index (χ0n) is 5.18. The molecular formula is C5N5Ta. The Kier molecular flexibility index (Phi) is 712. The van der Waals surface area contributed by atoms with E-state index in [1.807, 2.05) is 0 Å². The van der Waals surface area contributed by atoms with Crippen LogP contribution in [0.3, 0.4) is 0 Å². The molecule has 50 valence electrons. The Hall–Kier alpha value is -1.81. The van der Waals surface area contributed by atoms with Crippen molar-refractivity contribution in [1.82, 2.24) is 0 Å². The third kappa shape index (κ3) is 95.8. The van der Waals surface area contributed by atoms with Gasteiger partial charge >= 0.3 is 22.4 Å². The van der Waals surface area contributed by atoms with E-state index in [4.69, 9.17) is 59.2 Å². The summed E-state index contributed by atoms with van der Waals surface area (Å²) in [6.45, 7) is 23.8. The maximum absolute atomic E-state index is 6.25. The second-order valence-corrected chi connectivity index (χ2v) is 0. The predicted octanol–water partition coefficient (Wildman–Crippen LogP) is 0.479. The van der Waals surface area contributed by atoms with Crippen LogP contribution in [0.15, 0.2) is 0 Å². The Morgan fingerprint density at radius 1 is 0.364 bits per heavy atom. The molecule has 0 atom stereocenters. The molecule has 0 aliphatic heterocycles. The maximum atomic E-state index is 6.25. The van der Waals surface area contributed by atoms with Crippen molar-refractivity contribution in [1.29, 1.82) is 26.3 Å². The fraction of sp³-hybridized carbons (Fsp3) is 0. The zero-order chi connectivity index (χ0) is 10.0. The molecule has 0 aromatic carbocycles. The molecule has 0 bridgehead atoms. The summed E-state index contributed by atoms with van der Waals surface area (Å²) in [5.74, 6) is 0. The first kappa shape index (κ1) is 60.6. The second-order valence-electron chi connectivity index (χ2n) is 0. The van der Waals surface area contributed by atoms with E-state index < -0.39 is 0 Å². The van der Waals surface area contributed by atoms with Crippen LogP contribution in [-0.2, 0) is 22.4 Å². The van der Waals surface area contributed by atoms with Crippen molar-refractivity contribution in [3.63, 3.8) is 0 Å². The van der Waals surface area contributed by atoms with Gasteiger partial charge in [0.05, 0.1) is 0 Å². The summed E-state index contributed by atoms with van der Waals surface area (Å²) < 4.78 is 0. The molecule has 0 radical (unpaired) electrons. The number of hydrogen-bond donors (Lipinski definition) is 0. The molecule has 0 aliphatic carbocycles. The molecule has 0 aromatic heterocycles. The van der Waals surface area contributed by atoms with E-state index in [1.54, 1.807) is 0 Å². The van der Waals surface area contributed by atoms with Crippen molar-refractivity contribution >= 4 is 0 Å². The standard InChI is InChI=1S/5CN.Ta/c5*1-2;/q5*-1;+5. The Morgan fingerprint density at radius 3 is 0.364 bits per heavy atom. The Balaban J connectivity index is -0.00000000694. The third-order valence-corrected chi connectivity index (χ3v) is 0. The van der Waals surface area contributed by atoms with Crippen LogP contribution in [0.1, 0.15) is 0 Å². The Labute approximate surface area is 81.8 Å². The van der Waals surface area contributed by atoms with E-state index in [9.17, 15) is 0 Å². The largest absolute Gasteiger partial charge is 5.00 e. The van der Waals surface area contributed by atoms with E-state index in [1.165, 1.54) is 0 Å². The average molecular weight is 311 g/mol. The van der Waals surface area contributed by atoms with E-state index in [-0.39, 0.29) is 22.4 Å². The van der Waals surface area contributed by atoms with Gasteiger partial charge in [0.1, 0.15) is 0 Å². The minimum absolute atomic E-state index is 0. The summed E-state index contributed by atoms with van der Waals surface area (Å²) in [6.07, 6.45) is 0. The van der Waals surface area contributed by atoms with Gasteiger partial charge in [-0.3, -0.25) is 0 Å². The van der Waals surface area contributed by atoms with Gasteiger partial charge < -0.3 is 59.2 Å². The van der Waals surface area contributed by atoms with Crippen molar-refractivity contribution < 1.29 is 22.4 Å². The van der Waals surface area contributed by atoms with E-state index in [0.29, 0.717) is 0 Å². The average Bonchev–Trinajstić information content (AvgIpc) is 2.20. The summed E-state index contributed by atoms with van der Waals surface area (Å²) >= 11 is 0. The molecule has 0 saturated carbocycles. The normalized spacial score (nSPS) is 0.909. The quantitative estimate of drug-likeness (QED) is 0.603. The van der Waals surface area contributed by atoms with Crippen LogP contribution < -0.4 is 0 Å². The van der Waals surface area contributed by atoms with Crippen LogP contribution in [0, 0.1) is 59.2 Å². The SMILES string of the molecule is [C-]#N.[C-]#N.[C-]#N.[C-]#N.[C-]#N.[Ta+5]. The summed E-state index contributed by atoms with van der Waals surface area (Å²) in [5.41, 5.74) is 0. The molecule has 0 heterocycles. The minimum atomic E-state index is 0. The molecular weight excluding hydrogens is 311 g/mol. The fourth-order valence-corrected chi connectivity index (χ4v) is 0. The molecule has 0 amide bonds. The van der Waals surface area contributed by atoms with Crippen molar-refractivity contribution in [3.8, 4) is 0 Å². The zero-order valence-corrected chi connectivity index (χ0v) is 8.40. The van der Waals surface area contributed by atoms with Crippen LogP contribution in [0.5, 0.6) is 0 Å². The fourth-order valence-electron chi connectivity index (χ4n) is 0. The number of rotatable bonds is 0. The summed E-state index contributed by atoms with van der Waals surface area (Å²) in [4.78, 5) is 0. The van der Waals surface area contributed by atoms with Gasteiger partial charge in [0.25, 0.3) is 0 Å². The summed E-state index contributed by atoms with van der Waals surface area (Å²) in [5, 5.41) is 31.2. The van der Waals surface area contributed by atoms with Crippen LogP contribution in [0.2, 0.25) is 0 Å². The summed E-state index contributed by atoms with van der Waals surface area (Å²) in [7, 11) is 0. The predicted molar refractivity (Wildman–Crippen MR) is 24.8 cm³/mol. The smallest absolute Gasteiger partial charge is 0.512 e. The van der Waals surface area contributed by atoms with Crippen LogP contribution >= 0.6 is 0 Å². The Bertz CT molecular complexity index is 73.4. The molecule has 0 spiro atoms. The van der Waals surface area contributed by atoms with E-state index >= 15 is 0 Å². The molecule has 0 aromatic rings. The van der Waals surface area contributed by atoms with Crippen molar-refractivity contribution in [2.24, 2.45) is 0 Å². The number of nitrogens with zero attached hydrogens (tertiary/aromatic N) is 5. The van der Waals surface area contributed by atoms with Gasteiger partial charge in [-0.1, -0.05) is 0 Å². The van der Waals surface area contributed by atoms with Gasteiger partial charge in [-0.2, -0.15) is 0 Å². The van der Waals surface area contributed by atoms with Crippen LogP contribution in [-0.4, -0.2) is 0 Å². The molecule has 11 heavy (non-hydrogen) atoms. The molecule has 0 N–H and O–H groups in total. The van der Waals surface area contributed by atoms with Crippen LogP contribution in [0.4, 0.5) is 0 Å². The summed E-state index contributed by atoms with van der Waals surface area (Å²) in [6, 6.07) is 0. The molecule has 6 heteroatoms. The molecule has 0 rings (SSSR count). The van der Waals surface area contributed by atoms with Crippen molar-refractivity contribution in [2.75, 3.05) is 0 Å². The number of hydrogen-bond acceptors (Lipinski definition) is 5. The molecule has 0 unspecified atom stereocenters. The van der Waals surface area contributed by atoms with Crippen molar-refractivity contribution in [3.05, 3.63) is 32.9 Å². The van der Waals surface area contributed by atoms with E-state index in [0.717, 1.165) is 0 Å². The maximum Gasteiger partial charge on any atom is 5.00 e. The van der Waals surface area contributed by atoms with Gasteiger partial charge in [0.15, 0.2) is 0 Å². The van der Waals surface area contributed by atoms with Gasteiger partial charge in [-0.15, -0.1) is 0 Å². The first-order chi connectivity index (χ1) is 5.00. The monoisotopic (exact) mass is 311 g/mol. The van der Waals surface area contributed by atoms with E-state index in [2.05, 4.69) is 0 Å². The molecule has 0 aliphatic rings. The van der Waals surface area contributed by atoms with Gasteiger partial charge in [-0.05, 0) is 0 Å². The minimum Gasteiger partial charge on any atom is -0.512 e. The Morgan fingerprint density at radius 2 is 0.364 bits per heavy atom. The first-order valence-electron chi connectivity index (χ1n) is 1.12. The van der Waals surface area contributed by atoms with Gasteiger partial charge in [0.2, 0.25) is 0 Å². The molecule has 0 fully saturated rings. The second kappa shape index (κ2) is 129. The van der Waals surface area contributed by atoms with Gasteiger partial charge in [0, 0.05) is 0 Å². The van der Waals surface area contributed by atoms with Gasteiger partial charge in [-0.25, -0.2) is 0 Å². The van der Waals surface area contributed by atoms with Crippen molar-refractivity contribution in [2.45, 2.75) is 0 Å². The first-order valence-corrected chi connectivity index (χ1v) is 1.12. The third-order valence-electron chi connectivity index (χ3n) is 0. The molecule has 5 nitrogen and oxygen atoms in total.